The van der Waals surface area contributed by atoms with Crippen molar-refractivity contribution in [1.82, 2.24) is 4.90 Å². The minimum Gasteiger partial charge on any atom is -0.478 e. The van der Waals surface area contributed by atoms with Crippen molar-refractivity contribution in [2.24, 2.45) is 0 Å². The van der Waals surface area contributed by atoms with Crippen LogP contribution in [0.15, 0.2) is 24.3 Å². The highest BCUT2D eigenvalue weighted by Crippen LogP contribution is 2.16. The van der Waals surface area contributed by atoms with Gasteiger partial charge in [-0.1, -0.05) is 19.1 Å². The molecule has 1 aromatic rings. The summed E-state index contributed by atoms with van der Waals surface area (Å²) in [5.74, 6) is -0.754. The third-order valence-corrected chi connectivity index (χ3v) is 4.41. The van der Waals surface area contributed by atoms with Gasteiger partial charge in [-0.25, -0.2) is 4.79 Å². The van der Waals surface area contributed by atoms with Gasteiger partial charge >= 0.3 is 5.97 Å². The molecule has 0 saturated carbocycles. The van der Waals surface area contributed by atoms with Crippen molar-refractivity contribution >= 4 is 11.9 Å². The molecular formula is C19H27NO4. The molecule has 0 spiro atoms. The third kappa shape index (κ3) is 5.64. The number of carbonyl (C=O) groups excluding carboxylic acids is 1. The van der Waals surface area contributed by atoms with E-state index >= 15 is 0 Å². The fraction of sp³-hybridized carbons (Fsp3) is 0.579. The Morgan fingerprint density at radius 1 is 1.21 bits per heavy atom. The van der Waals surface area contributed by atoms with Crippen LogP contribution in [-0.4, -0.2) is 47.7 Å². The lowest BCUT2D eigenvalue weighted by molar-refractivity contribution is -0.131. The van der Waals surface area contributed by atoms with E-state index in [-0.39, 0.29) is 17.6 Å². The number of likely N-dealkylation sites (tertiary alicyclic amines) is 1. The molecule has 24 heavy (non-hydrogen) atoms. The van der Waals surface area contributed by atoms with Crippen LogP contribution in [0.3, 0.4) is 0 Å². The first-order valence-corrected chi connectivity index (χ1v) is 8.81. The van der Waals surface area contributed by atoms with Gasteiger partial charge in [-0.3, -0.25) is 4.79 Å². The Bertz CT molecular complexity index is 541. The zero-order valence-electron chi connectivity index (χ0n) is 14.4. The molecule has 5 heteroatoms. The highest BCUT2D eigenvalue weighted by molar-refractivity contribution is 5.87. The number of carboxylic acid groups (broad SMARTS) is 1. The van der Waals surface area contributed by atoms with E-state index in [0.717, 1.165) is 50.9 Å². The maximum absolute atomic E-state index is 12.4. The summed E-state index contributed by atoms with van der Waals surface area (Å²) in [5.41, 5.74) is 1.27. The number of rotatable bonds is 7. The lowest BCUT2D eigenvalue weighted by Crippen LogP contribution is -2.32. The molecule has 1 aliphatic heterocycles. The first-order valence-electron chi connectivity index (χ1n) is 8.81. The standard InChI is InChI=1S/C19H27NO4/c1-2-14-24-17-4-3-12-20(13-11-17)18(21)10-7-15-5-8-16(9-6-15)19(22)23/h5-6,8-9,17H,2-4,7,10-14H2,1H3,(H,22,23). The molecule has 0 radical (unpaired) electrons. The molecule has 1 heterocycles. The van der Waals surface area contributed by atoms with E-state index in [1.165, 1.54) is 0 Å². The predicted octanol–water partition coefficient (Wildman–Crippen LogP) is 3.13. The van der Waals surface area contributed by atoms with E-state index in [2.05, 4.69) is 6.92 Å². The highest BCUT2D eigenvalue weighted by atomic mass is 16.5. The Morgan fingerprint density at radius 3 is 2.62 bits per heavy atom. The van der Waals surface area contributed by atoms with Crippen molar-refractivity contribution in [3.05, 3.63) is 35.4 Å². The van der Waals surface area contributed by atoms with Crippen molar-refractivity contribution in [3.8, 4) is 0 Å². The van der Waals surface area contributed by atoms with E-state index < -0.39 is 5.97 Å². The summed E-state index contributed by atoms with van der Waals surface area (Å²) < 4.78 is 5.81. The van der Waals surface area contributed by atoms with Crippen LogP contribution in [0.2, 0.25) is 0 Å². The van der Waals surface area contributed by atoms with Gasteiger partial charge in [0.15, 0.2) is 0 Å². The number of aromatic carboxylic acids is 1. The molecule has 1 N–H and O–H groups in total. The normalized spacial score (nSPS) is 18.2. The summed E-state index contributed by atoms with van der Waals surface area (Å²) in [5, 5.41) is 8.90. The Kier molecular flexibility index (Phi) is 7.25. The molecule has 0 aromatic heterocycles. The first-order chi connectivity index (χ1) is 11.6. The molecule has 2 rings (SSSR count). The number of hydrogen-bond donors (Lipinski definition) is 1. The van der Waals surface area contributed by atoms with Crippen LogP contribution in [0.25, 0.3) is 0 Å². The molecule has 5 nitrogen and oxygen atoms in total. The Balaban J connectivity index is 1.78. The average Bonchev–Trinajstić information content (AvgIpc) is 2.84. The lowest BCUT2D eigenvalue weighted by atomic mass is 10.1. The molecule has 1 aromatic carbocycles. The topological polar surface area (TPSA) is 66.8 Å². The number of amides is 1. The summed E-state index contributed by atoms with van der Waals surface area (Å²) >= 11 is 0. The zero-order valence-corrected chi connectivity index (χ0v) is 14.4. The number of carbonyl (C=O) groups is 2. The molecular weight excluding hydrogens is 306 g/mol. The van der Waals surface area contributed by atoms with Gasteiger partial charge in [-0.2, -0.15) is 0 Å². The van der Waals surface area contributed by atoms with Crippen LogP contribution in [0.1, 0.15) is 54.9 Å². The smallest absolute Gasteiger partial charge is 0.335 e. The van der Waals surface area contributed by atoms with Gasteiger partial charge in [0, 0.05) is 26.1 Å². The van der Waals surface area contributed by atoms with Gasteiger partial charge in [0.2, 0.25) is 5.91 Å². The molecule has 132 valence electrons. The maximum Gasteiger partial charge on any atom is 0.335 e. The van der Waals surface area contributed by atoms with Crippen molar-refractivity contribution < 1.29 is 19.4 Å². The molecule has 1 fully saturated rings. The fourth-order valence-electron chi connectivity index (χ4n) is 2.99. The maximum atomic E-state index is 12.4. The first kappa shape index (κ1) is 18.5. The van der Waals surface area contributed by atoms with Crippen molar-refractivity contribution in [2.75, 3.05) is 19.7 Å². The van der Waals surface area contributed by atoms with Crippen LogP contribution >= 0.6 is 0 Å². The Hall–Kier alpha value is -1.88. The van der Waals surface area contributed by atoms with Crippen molar-refractivity contribution in [3.63, 3.8) is 0 Å². The zero-order chi connectivity index (χ0) is 17.4. The van der Waals surface area contributed by atoms with Crippen molar-refractivity contribution in [2.45, 2.75) is 51.6 Å². The predicted molar refractivity (Wildman–Crippen MR) is 92.2 cm³/mol. The highest BCUT2D eigenvalue weighted by Gasteiger charge is 2.20. The number of carboxylic acids is 1. The molecule has 1 amide bonds. The van der Waals surface area contributed by atoms with E-state index in [4.69, 9.17) is 9.84 Å². The van der Waals surface area contributed by atoms with Crippen LogP contribution in [0.4, 0.5) is 0 Å². The molecule has 1 saturated heterocycles. The van der Waals surface area contributed by atoms with Crippen LogP contribution in [0, 0.1) is 0 Å². The summed E-state index contributed by atoms with van der Waals surface area (Å²) in [4.78, 5) is 25.2. The Morgan fingerprint density at radius 2 is 1.96 bits per heavy atom. The third-order valence-electron chi connectivity index (χ3n) is 4.41. The molecule has 0 aliphatic carbocycles. The van der Waals surface area contributed by atoms with Gasteiger partial charge in [0.1, 0.15) is 0 Å². The van der Waals surface area contributed by atoms with Crippen LogP contribution in [-0.2, 0) is 16.0 Å². The fourth-order valence-corrected chi connectivity index (χ4v) is 2.99. The lowest BCUT2D eigenvalue weighted by Gasteiger charge is -2.20. The molecule has 1 atom stereocenters. The second-order valence-corrected chi connectivity index (χ2v) is 6.31. The van der Waals surface area contributed by atoms with E-state index in [1.807, 2.05) is 4.90 Å². The molecule has 1 aliphatic rings. The number of ether oxygens (including phenoxy) is 1. The summed E-state index contributed by atoms with van der Waals surface area (Å²) in [6.07, 6.45) is 5.36. The number of aryl methyl sites for hydroxylation is 1. The average molecular weight is 333 g/mol. The van der Waals surface area contributed by atoms with Gasteiger partial charge < -0.3 is 14.7 Å². The monoisotopic (exact) mass is 333 g/mol. The van der Waals surface area contributed by atoms with Crippen LogP contribution in [0.5, 0.6) is 0 Å². The largest absolute Gasteiger partial charge is 0.478 e. The molecule has 0 bridgehead atoms. The van der Waals surface area contributed by atoms with E-state index in [9.17, 15) is 9.59 Å². The number of nitrogens with zero attached hydrogens (tertiary/aromatic N) is 1. The van der Waals surface area contributed by atoms with Gasteiger partial charge in [0.05, 0.1) is 11.7 Å². The van der Waals surface area contributed by atoms with Gasteiger partial charge in [-0.05, 0) is 49.8 Å². The quantitative estimate of drug-likeness (QED) is 0.832. The van der Waals surface area contributed by atoms with E-state index in [1.54, 1.807) is 24.3 Å². The summed E-state index contributed by atoms with van der Waals surface area (Å²) in [7, 11) is 0. The van der Waals surface area contributed by atoms with Gasteiger partial charge in [-0.15, -0.1) is 0 Å². The number of hydrogen-bond acceptors (Lipinski definition) is 3. The Labute approximate surface area is 143 Å². The van der Waals surface area contributed by atoms with Gasteiger partial charge in [0.25, 0.3) is 0 Å². The minimum absolute atomic E-state index is 0.174. The SMILES string of the molecule is CCCOC1CCCN(C(=O)CCc2ccc(C(=O)O)cc2)CC1. The van der Waals surface area contributed by atoms with Crippen LogP contribution < -0.4 is 0 Å². The number of benzene rings is 1. The van der Waals surface area contributed by atoms with E-state index in [0.29, 0.717) is 12.8 Å². The second-order valence-electron chi connectivity index (χ2n) is 6.31. The molecule has 1 unspecified atom stereocenters. The summed E-state index contributed by atoms with van der Waals surface area (Å²) in [6.45, 7) is 4.48. The van der Waals surface area contributed by atoms with Crippen molar-refractivity contribution in [1.29, 1.82) is 0 Å². The summed E-state index contributed by atoms with van der Waals surface area (Å²) in [6, 6.07) is 6.75. The second kappa shape index (κ2) is 9.42. The minimum atomic E-state index is -0.929.